The molecule has 0 unspecified atom stereocenters. The zero-order valence-electron chi connectivity index (χ0n) is 22.1. The molecule has 0 aliphatic rings. The topological polar surface area (TPSA) is 74.6 Å². The van der Waals surface area contributed by atoms with Crippen molar-refractivity contribution in [1.82, 2.24) is 9.78 Å². The van der Waals surface area contributed by atoms with Gasteiger partial charge in [0.15, 0.2) is 11.5 Å². The van der Waals surface area contributed by atoms with Gasteiger partial charge >= 0.3 is 0 Å². The third-order valence-corrected chi connectivity index (χ3v) is 6.47. The molecule has 0 atom stereocenters. The first-order valence-corrected chi connectivity index (χ1v) is 12.9. The molecule has 1 aromatic heterocycles. The van der Waals surface area contributed by atoms with Crippen molar-refractivity contribution in [2.45, 2.75) is 40.8 Å². The van der Waals surface area contributed by atoms with Gasteiger partial charge in [-0.2, -0.15) is 5.10 Å². The summed E-state index contributed by atoms with van der Waals surface area (Å²) >= 11 is 6.23. The maximum atomic E-state index is 12.8. The third kappa shape index (κ3) is 6.86. The number of anilines is 1. The molecule has 0 saturated carbocycles. The van der Waals surface area contributed by atoms with E-state index in [9.17, 15) is 4.79 Å². The van der Waals surface area contributed by atoms with Crippen molar-refractivity contribution in [1.29, 1.82) is 0 Å². The number of ether oxygens (including phenoxy) is 3. The fraction of sp³-hybridized carbons (Fsp3) is 0.267. The Morgan fingerprint density at radius 3 is 2.24 bits per heavy atom. The van der Waals surface area contributed by atoms with Gasteiger partial charge in [0.2, 0.25) is 0 Å². The number of carbonyl (C=O) groups excluding carboxylic acids is 1. The van der Waals surface area contributed by atoms with Gasteiger partial charge in [0, 0.05) is 16.8 Å². The van der Waals surface area contributed by atoms with Crippen molar-refractivity contribution < 1.29 is 19.0 Å². The van der Waals surface area contributed by atoms with Crippen LogP contribution in [0.4, 0.5) is 5.69 Å². The Labute approximate surface area is 228 Å². The van der Waals surface area contributed by atoms with Crippen LogP contribution in [0.5, 0.6) is 17.2 Å². The molecule has 7 nitrogen and oxygen atoms in total. The number of nitrogens with one attached hydrogen (secondary N) is 1. The van der Waals surface area contributed by atoms with E-state index in [1.165, 1.54) is 0 Å². The molecule has 198 valence electrons. The molecular weight excluding hydrogens is 502 g/mol. The summed E-state index contributed by atoms with van der Waals surface area (Å²) in [6.45, 7) is 9.84. The summed E-state index contributed by atoms with van der Waals surface area (Å²) in [5, 5.41) is 8.04. The van der Waals surface area contributed by atoms with Gasteiger partial charge in [-0.05, 0) is 86.3 Å². The van der Waals surface area contributed by atoms with Gasteiger partial charge in [-0.25, -0.2) is 0 Å². The van der Waals surface area contributed by atoms with E-state index in [0.29, 0.717) is 43.4 Å². The van der Waals surface area contributed by atoms with Crippen LogP contribution in [0.1, 0.15) is 46.5 Å². The van der Waals surface area contributed by atoms with Crippen LogP contribution in [-0.2, 0) is 13.2 Å². The monoisotopic (exact) mass is 533 g/mol. The summed E-state index contributed by atoms with van der Waals surface area (Å²) in [7, 11) is 0. The van der Waals surface area contributed by atoms with Gasteiger partial charge in [0.1, 0.15) is 12.4 Å². The van der Waals surface area contributed by atoms with Gasteiger partial charge in [0.05, 0.1) is 31.6 Å². The van der Waals surface area contributed by atoms with Crippen LogP contribution in [0.3, 0.4) is 0 Å². The van der Waals surface area contributed by atoms with Crippen molar-refractivity contribution in [3.05, 3.63) is 99.8 Å². The van der Waals surface area contributed by atoms with Crippen LogP contribution in [0.15, 0.2) is 67.0 Å². The first-order valence-electron chi connectivity index (χ1n) is 12.6. The molecule has 0 bridgehead atoms. The second kappa shape index (κ2) is 12.5. The maximum Gasteiger partial charge on any atom is 0.255 e. The zero-order chi connectivity index (χ0) is 27.1. The largest absolute Gasteiger partial charge is 0.490 e. The van der Waals surface area contributed by atoms with Crippen LogP contribution < -0.4 is 19.5 Å². The minimum atomic E-state index is -0.208. The highest BCUT2D eigenvalue weighted by atomic mass is 35.5. The lowest BCUT2D eigenvalue weighted by Crippen LogP contribution is -2.11. The van der Waals surface area contributed by atoms with Gasteiger partial charge < -0.3 is 19.5 Å². The van der Waals surface area contributed by atoms with E-state index in [-0.39, 0.29) is 5.91 Å². The number of nitrogens with zero attached hydrogens (tertiary/aromatic N) is 2. The number of benzene rings is 3. The molecule has 0 aliphatic heterocycles. The number of rotatable bonds is 11. The molecule has 1 amide bonds. The second-order valence-corrected chi connectivity index (χ2v) is 9.26. The van der Waals surface area contributed by atoms with E-state index in [0.717, 1.165) is 38.8 Å². The smallest absolute Gasteiger partial charge is 0.255 e. The molecule has 1 heterocycles. The summed E-state index contributed by atoms with van der Waals surface area (Å²) in [6.07, 6.45) is 3.43. The van der Waals surface area contributed by atoms with Crippen LogP contribution in [-0.4, -0.2) is 28.9 Å². The van der Waals surface area contributed by atoms with E-state index in [4.69, 9.17) is 25.8 Å². The summed E-state index contributed by atoms with van der Waals surface area (Å²) < 4.78 is 19.0. The number of aryl methyl sites for hydroxylation is 2. The maximum absolute atomic E-state index is 12.8. The molecule has 0 saturated heterocycles. The van der Waals surface area contributed by atoms with E-state index in [1.54, 1.807) is 29.2 Å². The van der Waals surface area contributed by atoms with Crippen molar-refractivity contribution in [3.8, 4) is 17.2 Å². The summed E-state index contributed by atoms with van der Waals surface area (Å²) in [5.41, 5.74) is 5.10. The fourth-order valence-corrected chi connectivity index (χ4v) is 4.12. The Morgan fingerprint density at radius 2 is 1.55 bits per heavy atom. The SMILES string of the molecule is CCOc1ccc(Cn2cc(NC(=O)c3ccc(COc4cc(C)c(Cl)c(C)c4)cc3)cn2)cc1OCC. The number of hydrogen-bond acceptors (Lipinski definition) is 5. The Balaban J connectivity index is 1.33. The van der Waals surface area contributed by atoms with Crippen LogP contribution >= 0.6 is 11.6 Å². The van der Waals surface area contributed by atoms with Gasteiger partial charge in [0.25, 0.3) is 5.91 Å². The lowest BCUT2D eigenvalue weighted by Gasteiger charge is -2.12. The predicted molar refractivity (Wildman–Crippen MR) is 150 cm³/mol. The number of hydrogen-bond donors (Lipinski definition) is 1. The van der Waals surface area contributed by atoms with Gasteiger partial charge in [-0.15, -0.1) is 0 Å². The molecule has 3 aromatic carbocycles. The normalized spacial score (nSPS) is 10.8. The molecule has 4 rings (SSSR count). The Hall–Kier alpha value is -3.97. The predicted octanol–water partition coefficient (Wildman–Crippen LogP) is 6.83. The van der Waals surface area contributed by atoms with Crippen LogP contribution in [0.2, 0.25) is 5.02 Å². The summed E-state index contributed by atoms with van der Waals surface area (Å²) in [6, 6.07) is 17.0. The molecular formula is C30H32ClN3O4. The highest BCUT2D eigenvalue weighted by Crippen LogP contribution is 2.29. The van der Waals surface area contributed by atoms with Gasteiger partial charge in [-0.1, -0.05) is 29.8 Å². The lowest BCUT2D eigenvalue weighted by molar-refractivity contribution is 0.102. The molecule has 0 spiro atoms. The zero-order valence-corrected chi connectivity index (χ0v) is 22.8. The molecule has 0 aliphatic carbocycles. The molecule has 0 fully saturated rings. The minimum absolute atomic E-state index is 0.208. The quantitative estimate of drug-likeness (QED) is 0.229. The molecule has 1 N–H and O–H groups in total. The fourth-order valence-electron chi connectivity index (χ4n) is 4.01. The van der Waals surface area contributed by atoms with Crippen molar-refractivity contribution in [2.24, 2.45) is 0 Å². The highest BCUT2D eigenvalue weighted by Gasteiger charge is 2.11. The third-order valence-electron chi connectivity index (χ3n) is 5.88. The molecule has 0 radical (unpaired) electrons. The van der Waals surface area contributed by atoms with Crippen molar-refractivity contribution in [3.63, 3.8) is 0 Å². The minimum Gasteiger partial charge on any atom is -0.490 e. The highest BCUT2D eigenvalue weighted by molar-refractivity contribution is 6.32. The average Bonchev–Trinajstić information content (AvgIpc) is 3.34. The van der Waals surface area contributed by atoms with E-state index >= 15 is 0 Å². The van der Waals surface area contributed by atoms with Crippen molar-refractivity contribution >= 4 is 23.2 Å². The number of halogens is 1. The summed E-state index contributed by atoms with van der Waals surface area (Å²) in [5.74, 6) is 1.99. The average molecular weight is 534 g/mol. The molecule has 4 aromatic rings. The number of aromatic nitrogens is 2. The standard InChI is InChI=1S/C30H32ClN3O4/c1-5-36-27-12-9-23(15-28(27)37-6-2)17-34-18-25(16-32-34)33-30(35)24-10-7-22(8-11-24)19-38-26-13-20(3)29(31)21(4)14-26/h7-16,18H,5-6,17,19H2,1-4H3,(H,33,35). The Bertz CT molecular complexity index is 1380. The Kier molecular flexibility index (Phi) is 8.92. The Morgan fingerprint density at radius 1 is 0.895 bits per heavy atom. The van der Waals surface area contributed by atoms with E-state index in [1.807, 2.05) is 70.2 Å². The van der Waals surface area contributed by atoms with E-state index < -0.39 is 0 Å². The molecule has 8 heteroatoms. The molecule has 38 heavy (non-hydrogen) atoms. The first-order chi connectivity index (χ1) is 18.4. The first kappa shape index (κ1) is 27.1. The van der Waals surface area contributed by atoms with Crippen LogP contribution in [0.25, 0.3) is 0 Å². The van der Waals surface area contributed by atoms with Gasteiger partial charge in [-0.3, -0.25) is 9.48 Å². The second-order valence-electron chi connectivity index (χ2n) is 8.88. The van der Waals surface area contributed by atoms with Crippen molar-refractivity contribution in [2.75, 3.05) is 18.5 Å². The number of carbonyl (C=O) groups is 1. The summed E-state index contributed by atoms with van der Waals surface area (Å²) in [4.78, 5) is 12.8. The van der Waals surface area contributed by atoms with Crippen LogP contribution in [0, 0.1) is 13.8 Å². The number of amides is 1. The van der Waals surface area contributed by atoms with E-state index in [2.05, 4.69) is 10.4 Å². The lowest BCUT2D eigenvalue weighted by atomic mass is 10.1.